The fraction of sp³-hybridized carbons (Fsp3) is 0.250. The first-order valence-electron chi connectivity index (χ1n) is 5.47. The predicted octanol–water partition coefficient (Wildman–Crippen LogP) is 3.67. The van der Waals surface area contributed by atoms with Crippen LogP contribution in [-0.4, -0.2) is 9.78 Å². The van der Waals surface area contributed by atoms with Gasteiger partial charge in [-0.3, -0.25) is 0 Å². The minimum atomic E-state index is -4.45. The quantitative estimate of drug-likeness (QED) is 0.911. The van der Waals surface area contributed by atoms with Crippen LogP contribution in [0.4, 0.5) is 13.2 Å². The molecule has 0 spiro atoms. The summed E-state index contributed by atoms with van der Waals surface area (Å²) in [6.45, 7) is 1.76. The molecule has 0 radical (unpaired) electrons. The van der Waals surface area contributed by atoms with Gasteiger partial charge in [0.1, 0.15) is 0 Å². The third-order valence-corrected chi connectivity index (χ3v) is 3.10. The Balaban J connectivity index is 2.50. The van der Waals surface area contributed by atoms with E-state index in [0.29, 0.717) is 11.3 Å². The number of rotatable bonds is 2. The van der Waals surface area contributed by atoms with Crippen molar-refractivity contribution in [2.24, 2.45) is 5.73 Å². The largest absolute Gasteiger partial charge is 0.435 e. The van der Waals surface area contributed by atoms with Crippen LogP contribution in [0.15, 0.2) is 34.9 Å². The van der Waals surface area contributed by atoms with Gasteiger partial charge in [0, 0.05) is 16.7 Å². The second kappa shape index (κ2) is 4.97. The summed E-state index contributed by atoms with van der Waals surface area (Å²) in [6.07, 6.45) is -3.17. The summed E-state index contributed by atoms with van der Waals surface area (Å²) in [5.41, 5.74) is 6.15. The molecule has 7 heteroatoms. The summed E-state index contributed by atoms with van der Waals surface area (Å²) in [4.78, 5) is 0. The summed E-state index contributed by atoms with van der Waals surface area (Å²) >= 11 is 3.31. The van der Waals surface area contributed by atoms with E-state index in [1.807, 2.05) is 0 Å². The Hall–Kier alpha value is -1.34. The Bertz CT molecular complexity index is 590. The highest BCUT2D eigenvalue weighted by Crippen LogP contribution is 2.29. The van der Waals surface area contributed by atoms with Crippen molar-refractivity contribution < 1.29 is 13.2 Å². The van der Waals surface area contributed by atoms with E-state index in [1.54, 1.807) is 25.1 Å². The minimum Gasteiger partial charge on any atom is -0.324 e. The summed E-state index contributed by atoms with van der Waals surface area (Å²) in [5.74, 6) is 0. The molecule has 1 atom stereocenters. The van der Waals surface area contributed by atoms with Gasteiger partial charge >= 0.3 is 6.18 Å². The van der Waals surface area contributed by atoms with Crippen molar-refractivity contribution in [1.82, 2.24) is 9.78 Å². The predicted molar refractivity (Wildman–Crippen MR) is 68.9 cm³/mol. The van der Waals surface area contributed by atoms with Crippen LogP contribution in [0, 0.1) is 0 Å². The fourth-order valence-corrected chi connectivity index (χ4v) is 2.09. The average Bonchev–Trinajstić information content (AvgIpc) is 2.77. The Kier molecular flexibility index (Phi) is 3.69. The topological polar surface area (TPSA) is 43.8 Å². The highest BCUT2D eigenvalue weighted by atomic mass is 79.9. The highest BCUT2D eigenvalue weighted by Gasteiger charge is 2.33. The molecule has 0 fully saturated rings. The van der Waals surface area contributed by atoms with Crippen LogP contribution in [-0.2, 0) is 6.18 Å². The van der Waals surface area contributed by atoms with Gasteiger partial charge in [0.05, 0.1) is 5.69 Å². The minimum absolute atomic E-state index is 0.314. The molecular weight excluding hydrogens is 323 g/mol. The van der Waals surface area contributed by atoms with E-state index in [4.69, 9.17) is 5.73 Å². The third kappa shape index (κ3) is 2.98. The van der Waals surface area contributed by atoms with Crippen molar-refractivity contribution in [1.29, 1.82) is 0 Å². The van der Waals surface area contributed by atoms with Crippen LogP contribution in [0.1, 0.15) is 24.2 Å². The summed E-state index contributed by atoms with van der Waals surface area (Å²) < 4.78 is 39.6. The lowest BCUT2D eigenvalue weighted by atomic mass is 10.1. The van der Waals surface area contributed by atoms with E-state index >= 15 is 0 Å². The first-order chi connectivity index (χ1) is 8.79. The Morgan fingerprint density at radius 2 is 2.00 bits per heavy atom. The van der Waals surface area contributed by atoms with Gasteiger partial charge in [0.2, 0.25) is 0 Å². The van der Waals surface area contributed by atoms with Gasteiger partial charge in [-0.1, -0.05) is 15.9 Å². The van der Waals surface area contributed by atoms with Crippen LogP contribution in [0.2, 0.25) is 0 Å². The molecule has 3 nitrogen and oxygen atoms in total. The number of halogens is 4. The Morgan fingerprint density at radius 1 is 1.32 bits per heavy atom. The molecule has 102 valence electrons. The van der Waals surface area contributed by atoms with Crippen molar-refractivity contribution in [3.63, 3.8) is 0 Å². The molecule has 0 saturated carbocycles. The Labute approximate surface area is 116 Å². The molecule has 0 amide bonds. The lowest BCUT2D eigenvalue weighted by molar-refractivity contribution is -0.141. The third-order valence-electron chi connectivity index (χ3n) is 2.61. The molecule has 1 aromatic carbocycles. The molecule has 1 heterocycles. The van der Waals surface area contributed by atoms with E-state index in [2.05, 4.69) is 21.0 Å². The van der Waals surface area contributed by atoms with Crippen LogP contribution in [0.25, 0.3) is 5.69 Å². The van der Waals surface area contributed by atoms with Crippen molar-refractivity contribution >= 4 is 15.9 Å². The van der Waals surface area contributed by atoms with Crippen LogP contribution in [0.3, 0.4) is 0 Å². The summed E-state index contributed by atoms with van der Waals surface area (Å²) in [6, 6.07) is 5.81. The highest BCUT2D eigenvalue weighted by molar-refractivity contribution is 9.10. The van der Waals surface area contributed by atoms with Gasteiger partial charge in [-0.2, -0.15) is 18.3 Å². The van der Waals surface area contributed by atoms with E-state index in [1.165, 1.54) is 10.9 Å². The first kappa shape index (κ1) is 14.1. The van der Waals surface area contributed by atoms with Gasteiger partial charge in [-0.15, -0.1) is 0 Å². The Morgan fingerprint density at radius 3 is 2.53 bits per heavy atom. The zero-order chi connectivity index (χ0) is 14.2. The summed E-state index contributed by atoms with van der Waals surface area (Å²) in [7, 11) is 0. The number of nitrogens with zero attached hydrogens (tertiary/aromatic N) is 2. The molecule has 2 rings (SSSR count). The summed E-state index contributed by atoms with van der Waals surface area (Å²) in [5, 5.41) is 3.55. The van der Waals surface area contributed by atoms with Crippen molar-refractivity contribution in [3.05, 3.63) is 46.2 Å². The molecule has 0 aliphatic heterocycles. The maximum absolute atomic E-state index is 12.5. The molecule has 0 saturated heterocycles. The van der Waals surface area contributed by atoms with Gasteiger partial charge in [-0.05, 0) is 36.8 Å². The van der Waals surface area contributed by atoms with Gasteiger partial charge in [0.25, 0.3) is 0 Å². The molecule has 0 bridgehead atoms. The SMILES string of the molecule is CC(N)c1cc(Br)ccc1-n1ccc(C(F)(F)F)n1. The van der Waals surface area contributed by atoms with Gasteiger partial charge < -0.3 is 5.73 Å². The molecular formula is C12H11BrF3N3. The fourth-order valence-electron chi connectivity index (χ4n) is 1.71. The average molecular weight is 334 g/mol. The molecule has 0 aliphatic rings. The van der Waals surface area contributed by atoms with E-state index in [-0.39, 0.29) is 6.04 Å². The second-order valence-electron chi connectivity index (χ2n) is 4.14. The van der Waals surface area contributed by atoms with Crippen molar-refractivity contribution in [2.75, 3.05) is 0 Å². The van der Waals surface area contributed by atoms with Gasteiger partial charge in [-0.25, -0.2) is 4.68 Å². The van der Waals surface area contributed by atoms with Crippen LogP contribution in [0.5, 0.6) is 0 Å². The maximum atomic E-state index is 12.5. The second-order valence-corrected chi connectivity index (χ2v) is 5.05. The van der Waals surface area contributed by atoms with Gasteiger partial charge in [0.15, 0.2) is 5.69 Å². The zero-order valence-electron chi connectivity index (χ0n) is 9.95. The van der Waals surface area contributed by atoms with Crippen molar-refractivity contribution in [2.45, 2.75) is 19.1 Å². The molecule has 19 heavy (non-hydrogen) atoms. The normalized spacial score (nSPS) is 13.6. The molecule has 1 aromatic heterocycles. The van der Waals surface area contributed by atoms with Crippen molar-refractivity contribution in [3.8, 4) is 5.69 Å². The van der Waals surface area contributed by atoms with E-state index < -0.39 is 11.9 Å². The van der Waals surface area contributed by atoms with Crippen LogP contribution < -0.4 is 5.73 Å². The number of alkyl halides is 3. The first-order valence-corrected chi connectivity index (χ1v) is 6.26. The lowest BCUT2D eigenvalue weighted by Crippen LogP contribution is -2.11. The lowest BCUT2D eigenvalue weighted by Gasteiger charge is -2.13. The van der Waals surface area contributed by atoms with E-state index in [9.17, 15) is 13.2 Å². The van der Waals surface area contributed by atoms with Crippen LogP contribution >= 0.6 is 15.9 Å². The van der Waals surface area contributed by atoms with E-state index in [0.717, 1.165) is 10.5 Å². The standard InChI is InChI=1S/C12H11BrF3N3/c1-7(17)9-6-8(13)2-3-10(9)19-5-4-11(18-19)12(14,15)16/h2-7H,17H2,1H3. The number of aromatic nitrogens is 2. The molecule has 0 aliphatic carbocycles. The zero-order valence-corrected chi connectivity index (χ0v) is 11.5. The molecule has 2 aromatic rings. The number of hydrogen-bond donors (Lipinski definition) is 1. The smallest absolute Gasteiger partial charge is 0.324 e. The molecule has 1 unspecified atom stereocenters. The monoisotopic (exact) mass is 333 g/mol. The number of nitrogens with two attached hydrogens (primary N) is 1. The molecule has 2 N–H and O–H groups in total. The number of hydrogen-bond acceptors (Lipinski definition) is 2. The maximum Gasteiger partial charge on any atom is 0.435 e. The number of benzene rings is 1.